The van der Waals surface area contributed by atoms with Crippen LogP contribution < -0.4 is 10.6 Å². The van der Waals surface area contributed by atoms with Crippen LogP contribution >= 0.6 is 23.4 Å². The minimum atomic E-state index is -3.63. The number of thioether (sulfide) groups is 1. The van der Waals surface area contributed by atoms with Crippen molar-refractivity contribution in [3.63, 3.8) is 0 Å². The van der Waals surface area contributed by atoms with Gasteiger partial charge in [-0.25, -0.2) is 8.42 Å². The number of aromatic nitrogens is 1. The number of carbonyl (C=O) groups excluding carboxylic acids is 2. The van der Waals surface area contributed by atoms with Gasteiger partial charge < -0.3 is 15.6 Å². The third-order valence-corrected chi connectivity index (χ3v) is 8.02. The second-order valence-corrected chi connectivity index (χ2v) is 10.7. The number of aromatic amines is 1. The fraction of sp³-hybridized carbons (Fsp3) is 0.368. The van der Waals surface area contributed by atoms with E-state index in [-0.39, 0.29) is 27.6 Å². The monoisotopic (exact) mass is 468 g/mol. The van der Waals surface area contributed by atoms with Crippen LogP contribution in [0.4, 0.5) is 5.69 Å². The Bertz CT molecular complexity index is 1080. The van der Waals surface area contributed by atoms with Crippen LogP contribution in [0.2, 0.25) is 5.02 Å². The highest BCUT2D eigenvalue weighted by Crippen LogP contribution is 2.25. The van der Waals surface area contributed by atoms with Crippen molar-refractivity contribution in [3.8, 4) is 0 Å². The second-order valence-electron chi connectivity index (χ2n) is 7.16. The number of amides is 2. The summed E-state index contributed by atoms with van der Waals surface area (Å²) in [5, 5.41) is 5.75. The lowest BCUT2D eigenvalue weighted by Gasteiger charge is -2.24. The zero-order valence-electron chi connectivity index (χ0n) is 16.0. The molecule has 0 atom stereocenters. The number of rotatable bonds is 6. The summed E-state index contributed by atoms with van der Waals surface area (Å²) in [5.74, 6) is 0.770. The van der Waals surface area contributed by atoms with Crippen LogP contribution in [0.15, 0.2) is 35.4 Å². The van der Waals surface area contributed by atoms with Gasteiger partial charge in [0.05, 0.1) is 10.6 Å². The van der Waals surface area contributed by atoms with Crippen LogP contribution in [0, 0.1) is 0 Å². The molecule has 2 aliphatic rings. The quantitative estimate of drug-likeness (QED) is 0.603. The Labute approximate surface area is 183 Å². The lowest BCUT2D eigenvalue weighted by molar-refractivity contribution is 0.0950. The predicted octanol–water partition coefficient (Wildman–Crippen LogP) is 2.55. The van der Waals surface area contributed by atoms with E-state index in [2.05, 4.69) is 15.6 Å². The maximum atomic E-state index is 12.7. The number of sulfonamides is 1. The maximum absolute atomic E-state index is 12.7. The van der Waals surface area contributed by atoms with Crippen molar-refractivity contribution < 1.29 is 18.0 Å². The lowest BCUT2D eigenvalue weighted by atomic mass is 10.2. The van der Waals surface area contributed by atoms with Crippen LogP contribution in [-0.4, -0.2) is 60.2 Å². The SMILES string of the molecule is O=C(Nc1ccc(C(=O)NC2CC2)c(Cl)c1)c1cc(S(=O)(=O)N2CCSCC2)c[nH]1. The first-order valence-corrected chi connectivity index (χ1v) is 12.5. The Morgan fingerprint density at radius 3 is 2.53 bits per heavy atom. The van der Waals surface area contributed by atoms with Gasteiger partial charge >= 0.3 is 0 Å². The molecule has 2 aromatic rings. The average Bonchev–Trinajstić information content (AvgIpc) is 3.38. The Kier molecular flexibility index (Phi) is 6.10. The van der Waals surface area contributed by atoms with E-state index < -0.39 is 15.9 Å². The summed E-state index contributed by atoms with van der Waals surface area (Å²) in [4.78, 5) is 27.5. The van der Waals surface area contributed by atoms with Crippen LogP contribution in [0.25, 0.3) is 0 Å². The molecule has 0 bridgehead atoms. The molecule has 0 radical (unpaired) electrons. The van der Waals surface area contributed by atoms with E-state index in [0.717, 1.165) is 24.3 Å². The van der Waals surface area contributed by atoms with E-state index >= 15 is 0 Å². The molecule has 4 rings (SSSR count). The molecular weight excluding hydrogens is 448 g/mol. The molecule has 160 valence electrons. The van der Waals surface area contributed by atoms with E-state index in [4.69, 9.17) is 11.6 Å². The largest absolute Gasteiger partial charge is 0.356 e. The molecule has 0 unspecified atom stereocenters. The first-order valence-electron chi connectivity index (χ1n) is 9.52. The highest BCUT2D eigenvalue weighted by molar-refractivity contribution is 7.99. The number of halogens is 1. The third-order valence-electron chi connectivity index (χ3n) is 4.89. The van der Waals surface area contributed by atoms with Crippen molar-refractivity contribution in [2.75, 3.05) is 29.9 Å². The van der Waals surface area contributed by atoms with Crippen molar-refractivity contribution in [3.05, 3.63) is 46.7 Å². The lowest BCUT2D eigenvalue weighted by Crippen LogP contribution is -2.37. The van der Waals surface area contributed by atoms with Crippen molar-refractivity contribution in [1.29, 1.82) is 0 Å². The third kappa shape index (κ3) is 4.66. The van der Waals surface area contributed by atoms with E-state index in [1.807, 2.05) is 0 Å². The molecule has 1 saturated heterocycles. The van der Waals surface area contributed by atoms with Gasteiger partial charge in [0.1, 0.15) is 10.6 Å². The van der Waals surface area contributed by atoms with Gasteiger partial charge in [-0.15, -0.1) is 0 Å². The molecule has 1 aromatic carbocycles. The normalized spacial score (nSPS) is 17.5. The standard InChI is InChI=1S/C19H21ClN4O4S2/c20-16-9-13(3-4-15(16)18(25)22-12-1-2-12)23-19(26)17-10-14(11-21-17)30(27,28)24-5-7-29-8-6-24/h3-4,9-12,21H,1-2,5-8H2,(H,22,25)(H,23,26). The first kappa shape index (κ1) is 21.2. The Morgan fingerprint density at radius 2 is 1.87 bits per heavy atom. The molecule has 8 nitrogen and oxygen atoms in total. The summed E-state index contributed by atoms with van der Waals surface area (Å²) in [5.41, 5.74) is 0.862. The number of carbonyl (C=O) groups is 2. The molecular formula is C19H21ClN4O4S2. The molecule has 2 fully saturated rings. The maximum Gasteiger partial charge on any atom is 0.272 e. The van der Waals surface area contributed by atoms with Crippen LogP contribution in [0.5, 0.6) is 0 Å². The number of nitrogens with zero attached hydrogens (tertiary/aromatic N) is 1. The summed E-state index contributed by atoms with van der Waals surface area (Å²) >= 11 is 7.92. The van der Waals surface area contributed by atoms with E-state index in [1.165, 1.54) is 22.6 Å². The zero-order valence-corrected chi connectivity index (χ0v) is 18.4. The number of benzene rings is 1. The summed E-state index contributed by atoms with van der Waals surface area (Å²) in [6.45, 7) is 0.914. The first-order chi connectivity index (χ1) is 14.3. The molecule has 2 amide bonds. The number of nitrogens with one attached hydrogen (secondary N) is 3. The zero-order chi connectivity index (χ0) is 21.3. The predicted molar refractivity (Wildman–Crippen MR) is 117 cm³/mol. The Hall–Kier alpha value is -2.01. The number of hydrogen-bond donors (Lipinski definition) is 3. The van der Waals surface area contributed by atoms with Gasteiger partial charge in [0.15, 0.2) is 0 Å². The molecule has 3 N–H and O–H groups in total. The summed E-state index contributed by atoms with van der Waals surface area (Å²) in [6, 6.07) is 6.17. The van der Waals surface area contributed by atoms with Gasteiger partial charge in [-0.2, -0.15) is 16.1 Å². The van der Waals surface area contributed by atoms with Gasteiger partial charge in [0.2, 0.25) is 10.0 Å². The van der Waals surface area contributed by atoms with E-state index in [0.29, 0.717) is 24.3 Å². The topological polar surface area (TPSA) is 111 Å². The van der Waals surface area contributed by atoms with E-state index in [1.54, 1.807) is 23.9 Å². The van der Waals surface area contributed by atoms with Crippen LogP contribution in [0.1, 0.15) is 33.7 Å². The van der Waals surface area contributed by atoms with E-state index in [9.17, 15) is 18.0 Å². The number of H-pyrrole nitrogens is 1. The second kappa shape index (κ2) is 8.62. The van der Waals surface area contributed by atoms with Crippen molar-refractivity contribution >= 4 is 50.9 Å². The Balaban J connectivity index is 1.44. The molecule has 1 aliphatic heterocycles. The molecule has 11 heteroatoms. The van der Waals surface area contributed by atoms with Gasteiger partial charge in [-0.3, -0.25) is 9.59 Å². The molecule has 1 aromatic heterocycles. The number of hydrogen-bond acceptors (Lipinski definition) is 5. The number of anilines is 1. The highest BCUT2D eigenvalue weighted by Gasteiger charge is 2.28. The smallest absolute Gasteiger partial charge is 0.272 e. The molecule has 30 heavy (non-hydrogen) atoms. The fourth-order valence-corrected chi connectivity index (χ4v) is 5.89. The summed E-state index contributed by atoms with van der Waals surface area (Å²) < 4.78 is 26.9. The van der Waals surface area contributed by atoms with Crippen molar-refractivity contribution in [2.24, 2.45) is 0 Å². The van der Waals surface area contributed by atoms with Crippen LogP contribution in [-0.2, 0) is 10.0 Å². The van der Waals surface area contributed by atoms with Crippen molar-refractivity contribution in [2.45, 2.75) is 23.8 Å². The highest BCUT2D eigenvalue weighted by atomic mass is 35.5. The summed E-state index contributed by atoms with van der Waals surface area (Å²) in [7, 11) is -3.63. The summed E-state index contributed by atoms with van der Waals surface area (Å²) in [6.07, 6.45) is 3.27. The molecule has 1 aliphatic carbocycles. The van der Waals surface area contributed by atoms with Gasteiger partial charge in [-0.05, 0) is 37.1 Å². The van der Waals surface area contributed by atoms with Gasteiger partial charge in [-0.1, -0.05) is 11.6 Å². The van der Waals surface area contributed by atoms with Gasteiger partial charge in [0, 0.05) is 42.5 Å². The molecule has 2 heterocycles. The van der Waals surface area contributed by atoms with Crippen LogP contribution in [0.3, 0.4) is 0 Å². The average molecular weight is 469 g/mol. The molecule has 1 saturated carbocycles. The minimum Gasteiger partial charge on any atom is -0.356 e. The van der Waals surface area contributed by atoms with Crippen molar-refractivity contribution in [1.82, 2.24) is 14.6 Å². The fourth-order valence-electron chi connectivity index (χ4n) is 3.06. The molecule has 0 spiro atoms. The minimum absolute atomic E-state index is 0.0599. The Morgan fingerprint density at radius 1 is 1.13 bits per heavy atom. The van der Waals surface area contributed by atoms with Gasteiger partial charge in [0.25, 0.3) is 11.8 Å².